The van der Waals surface area contributed by atoms with Crippen molar-refractivity contribution < 1.29 is 108 Å². The van der Waals surface area contributed by atoms with Crippen molar-refractivity contribution in [3.8, 4) is 17.2 Å². The van der Waals surface area contributed by atoms with Gasteiger partial charge in [-0.25, -0.2) is 0 Å². The molecule has 0 aromatic heterocycles. The van der Waals surface area contributed by atoms with Crippen molar-refractivity contribution in [3.63, 3.8) is 0 Å². The number of esters is 1. The number of aliphatic hydroxyl groups is 8. The Balaban J connectivity index is 1.42. The molecule has 3 saturated heterocycles. The van der Waals surface area contributed by atoms with Gasteiger partial charge < -0.3 is 93.3 Å². The van der Waals surface area contributed by atoms with Gasteiger partial charge in [-0.3, -0.25) is 14.4 Å². The lowest BCUT2D eigenvalue weighted by Gasteiger charge is -2.51. The van der Waals surface area contributed by atoms with Crippen LogP contribution in [0, 0.1) is 6.92 Å². The summed E-state index contributed by atoms with van der Waals surface area (Å²) in [5, 5.41) is 105. The molecule has 9 N–H and O–H groups in total. The Kier molecular flexibility index (Phi) is 12.5. The zero-order chi connectivity index (χ0) is 47.4. The van der Waals surface area contributed by atoms with Crippen molar-refractivity contribution in [1.82, 2.24) is 0 Å². The summed E-state index contributed by atoms with van der Waals surface area (Å²) in [7, 11) is 3.38. The van der Waals surface area contributed by atoms with Crippen LogP contribution in [-0.2, 0) is 47.5 Å². The highest BCUT2D eigenvalue weighted by atomic mass is 16.8. The number of benzene rings is 2. The number of fused-ring (bicyclic) bond motifs is 5. The zero-order valence-electron chi connectivity index (χ0n) is 36.6. The second kappa shape index (κ2) is 16.6. The van der Waals surface area contributed by atoms with Crippen molar-refractivity contribution in [2.45, 2.75) is 157 Å². The summed E-state index contributed by atoms with van der Waals surface area (Å²) in [6, 6.07) is 1.46. The fourth-order valence-electron chi connectivity index (χ4n) is 10.1. The molecule has 4 heterocycles. The van der Waals surface area contributed by atoms with Crippen molar-refractivity contribution in [2.24, 2.45) is 0 Å². The minimum absolute atomic E-state index is 0.00583. The van der Waals surface area contributed by atoms with Gasteiger partial charge in [-0.2, -0.15) is 0 Å². The number of ketones is 2. The van der Waals surface area contributed by atoms with Crippen LogP contribution in [0.25, 0.3) is 10.8 Å². The first kappa shape index (κ1) is 48.2. The van der Waals surface area contributed by atoms with E-state index in [2.05, 4.69) is 0 Å². The predicted molar refractivity (Wildman–Crippen MR) is 210 cm³/mol. The largest absolute Gasteiger partial charge is 0.506 e. The third-order valence-electron chi connectivity index (χ3n) is 13.3. The van der Waals surface area contributed by atoms with E-state index in [0.29, 0.717) is 0 Å². The van der Waals surface area contributed by atoms with Crippen LogP contribution in [0.3, 0.4) is 0 Å². The minimum Gasteiger partial charge on any atom is -0.506 e. The average Bonchev–Trinajstić information content (AvgIpc) is 3.40. The molecule has 1 aliphatic carbocycles. The van der Waals surface area contributed by atoms with E-state index < -0.39 is 144 Å². The molecule has 22 heteroatoms. The Morgan fingerprint density at radius 1 is 0.969 bits per heavy atom. The van der Waals surface area contributed by atoms with Gasteiger partial charge in [0.25, 0.3) is 11.6 Å². The van der Waals surface area contributed by atoms with E-state index in [1.807, 2.05) is 0 Å². The molecule has 4 aliphatic heterocycles. The lowest BCUT2D eigenvalue weighted by molar-refractivity contribution is -0.401. The molecule has 5 aliphatic rings. The van der Waals surface area contributed by atoms with Crippen LogP contribution in [0.2, 0.25) is 0 Å². The number of phenols is 1. The molecule has 0 bridgehead atoms. The molecule has 2 aromatic rings. The molecule has 0 saturated carbocycles. The number of hydrogen-bond donors (Lipinski definition) is 9. The van der Waals surface area contributed by atoms with Gasteiger partial charge in [0.05, 0.1) is 49.1 Å². The number of aryl methyl sites for hydroxylation is 1. The fourth-order valence-corrected chi connectivity index (χ4v) is 10.1. The number of ether oxygens (including phenoxy) is 10. The first-order valence-electron chi connectivity index (χ1n) is 20.6. The van der Waals surface area contributed by atoms with E-state index in [1.54, 1.807) is 6.92 Å². The van der Waals surface area contributed by atoms with Crippen LogP contribution in [0.4, 0.5) is 0 Å². The van der Waals surface area contributed by atoms with Gasteiger partial charge >= 0.3 is 5.97 Å². The fraction of sp³-hybridized carbons (Fsp3) is 0.690. The molecule has 0 spiro atoms. The Morgan fingerprint density at radius 2 is 1.62 bits per heavy atom. The Labute approximate surface area is 366 Å². The standard InChI is InChI=1S/C42H56O22/c1-15-10-20-27(31(49)29-28(33(20)55-7)22(11-21(46)30(29)48)61-25-13-38(6,51)35(16(2)58-25)60-19(5)45)34-26(15)32(50)36-42(63-34,39(52,14-43)41(54,64-36)37(56-8)57-9)62-24-12-23(47)40(53,17(3)44)18(4)59-24/h10,16,18,21-25,32,35-37,43,46-47,49-54H,11-14H2,1-9H3/t16-,18+,21+,22+,23-,24-,25-,32-,35-,36-,38-,39-,40-,41+,42-/m0/s1. The number of carbonyl (C=O) groups excluding carboxylic acids is 3. The van der Waals surface area contributed by atoms with Gasteiger partial charge in [0.1, 0.15) is 35.1 Å². The Bertz CT molecular complexity index is 2180. The molecular weight excluding hydrogens is 856 g/mol. The number of phenolic OH excluding ortho intramolecular Hbond substituents is 1. The van der Waals surface area contributed by atoms with Crippen molar-refractivity contribution >= 4 is 28.3 Å². The summed E-state index contributed by atoms with van der Waals surface area (Å²) in [5.41, 5.74) is -7.87. The van der Waals surface area contributed by atoms with Gasteiger partial charge in [0.2, 0.25) is 11.9 Å². The molecule has 64 heavy (non-hydrogen) atoms. The van der Waals surface area contributed by atoms with E-state index in [4.69, 9.17) is 47.4 Å². The van der Waals surface area contributed by atoms with E-state index in [1.165, 1.54) is 40.9 Å². The second-order valence-corrected chi connectivity index (χ2v) is 17.4. The highest BCUT2D eigenvalue weighted by molar-refractivity contribution is 6.13. The van der Waals surface area contributed by atoms with E-state index in [9.17, 15) is 60.3 Å². The molecule has 7 rings (SSSR count). The molecule has 15 atom stereocenters. The lowest BCUT2D eigenvalue weighted by Crippen LogP contribution is -2.75. The summed E-state index contributed by atoms with van der Waals surface area (Å²) in [4.78, 5) is 38.4. The number of methoxy groups -OCH3 is 3. The number of Topliss-reactive ketones (excluding diaryl/α,β-unsaturated/α-hetero) is 2. The van der Waals surface area contributed by atoms with Gasteiger partial charge in [0.15, 0.2) is 42.0 Å². The molecule has 0 radical (unpaired) electrons. The van der Waals surface area contributed by atoms with Gasteiger partial charge in [0, 0.05) is 56.9 Å². The third-order valence-corrected chi connectivity index (χ3v) is 13.3. The molecule has 0 amide bonds. The first-order valence-corrected chi connectivity index (χ1v) is 20.6. The number of carbonyl (C=O) groups is 3. The van der Waals surface area contributed by atoms with Gasteiger partial charge in [-0.1, -0.05) is 0 Å². The lowest BCUT2D eigenvalue weighted by atomic mass is 9.77. The first-order chi connectivity index (χ1) is 29.8. The van der Waals surface area contributed by atoms with E-state index >= 15 is 0 Å². The summed E-state index contributed by atoms with van der Waals surface area (Å²) >= 11 is 0. The molecule has 22 nitrogen and oxygen atoms in total. The monoisotopic (exact) mass is 912 g/mol. The van der Waals surface area contributed by atoms with Crippen LogP contribution in [0.15, 0.2) is 6.07 Å². The molecule has 3 fully saturated rings. The summed E-state index contributed by atoms with van der Waals surface area (Å²) in [5.74, 6) is -10.2. The molecular formula is C42H56O22. The van der Waals surface area contributed by atoms with Crippen LogP contribution < -0.4 is 9.47 Å². The van der Waals surface area contributed by atoms with Crippen LogP contribution >= 0.6 is 0 Å². The van der Waals surface area contributed by atoms with Gasteiger partial charge in [-0.15, -0.1) is 0 Å². The highest BCUT2D eigenvalue weighted by Crippen LogP contribution is 2.62. The summed E-state index contributed by atoms with van der Waals surface area (Å²) in [6.45, 7) is 6.47. The predicted octanol–water partition coefficient (Wildman–Crippen LogP) is -0.931. The quantitative estimate of drug-likeness (QED) is 0.0971. The average molecular weight is 913 g/mol. The number of aromatic hydroxyl groups is 1. The maximum absolute atomic E-state index is 14.0. The summed E-state index contributed by atoms with van der Waals surface area (Å²) < 4.78 is 58.9. The SMILES string of the molecule is COc1c2c(c(O)c3c4c(c(C)cc13)[C@H](O)[C@@H]1O[C@](O)(C(OC)OC)[C@@](O)(CO)[C@@]1(O[C@H]1C[C@H](O)[C@](O)(C(C)=O)[C@@H](C)O1)O4)C(=O)[C@H](O)C[C@H]2O[C@H]1C[C@](C)(O)[C@@H](OC(C)=O)[C@H](C)O1. The molecule has 0 unspecified atom stereocenters. The van der Waals surface area contributed by atoms with Crippen molar-refractivity contribution in [2.75, 3.05) is 27.9 Å². The Hall–Kier alpha value is -3.69. The van der Waals surface area contributed by atoms with E-state index in [-0.39, 0.29) is 46.1 Å². The Morgan fingerprint density at radius 3 is 2.17 bits per heavy atom. The van der Waals surface area contributed by atoms with Crippen LogP contribution in [0.1, 0.15) is 93.1 Å². The maximum atomic E-state index is 14.0. The van der Waals surface area contributed by atoms with Crippen molar-refractivity contribution in [3.05, 3.63) is 28.3 Å². The van der Waals surface area contributed by atoms with Gasteiger partial charge in [-0.05, 0) is 46.2 Å². The molecule has 2 aromatic carbocycles. The van der Waals surface area contributed by atoms with Crippen molar-refractivity contribution in [1.29, 1.82) is 0 Å². The second-order valence-electron chi connectivity index (χ2n) is 17.4. The number of hydrogen-bond acceptors (Lipinski definition) is 22. The minimum atomic E-state index is -3.27. The van der Waals surface area contributed by atoms with Crippen LogP contribution in [-0.4, -0.2) is 175 Å². The smallest absolute Gasteiger partial charge is 0.303 e. The summed E-state index contributed by atoms with van der Waals surface area (Å²) in [6.07, 6.45) is -18.7. The topological polar surface area (TPSA) is 326 Å². The third kappa shape index (κ3) is 6.84. The maximum Gasteiger partial charge on any atom is 0.303 e. The van der Waals surface area contributed by atoms with Crippen LogP contribution in [0.5, 0.6) is 17.2 Å². The highest BCUT2D eigenvalue weighted by Gasteiger charge is 2.82. The number of aliphatic hydroxyl groups excluding tert-OH is 4. The normalized spacial score (nSPS) is 40.7. The zero-order valence-corrected chi connectivity index (χ0v) is 36.6. The number of rotatable bonds is 11. The van der Waals surface area contributed by atoms with E-state index in [0.717, 1.165) is 21.1 Å². The molecule has 356 valence electrons.